The number of nitrogens with one attached hydrogen (secondary N) is 2. The van der Waals surface area contributed by atoms with Crippen molar-refractivity contribution >= 4 is 11.8 Å². The van der Waals surface area contributed by atoms with Crippen molar-refractivity contribution in [3.63, 3.8) is 0 Å². The van der Waals surface area contributed by atoms with Crippen molar-refractivity contribution in [3.8, 4) is 0 Å². The normalized spacial score (nSPS) is 17.9. The van der Waals surface area contributed by atoms with E-state index in [1.165, 1.54) is 0 Å². The van der Waals surface area contributed by atoms with Crippen molar-refractivity contribution in [3.05, 3.63) is 36.3 Å². The third-order valence-electron chi connectivity index (χ3n) is 4.49. The van der Waals surface area contributed by atoms with Crippen LogP contribution < -0.4 is 10.6 Å². The molecule has 1 saturated heterocycles. The monoisotopic (exact) mass is 360 g/mol. The largest absolute Gasteiger partial charge is 0.472 e. The number of hydrogen-bond acceptors (Lipinski definition) is 6. The van der Waals surface area contributed by atoms with Crippen molar-refractivity contribution in [2.45, 2.75) is 38.9 Å². The minimum Gasteiger partial charge on any atom is -0.472 e. The molecular weight excluding hydrogens is 336 g/mol. The summed E-state index contributed by atoms with van der Waals surface area (Å²) in [5.41, 5.74) is 0.990. The third kappa shape index (κ3) is 4.48. The Morgan fingerprint density at radius 3 is 3.15 bits per heavy atom. The Bertz CT molecular complexity index is 727. The highest BCUT2D eigenvalue weighted by Gasteiger charge is 2.31. The Kier molecular flexibility index (Phi) is 6.00. The molecular formula is C17H24N6O3. The predicted octanol–water partition coefficient (Wildman–Crippen LogP) is -0.0596. The maximum absolute atomic E-state index is 12.3. The lowest BCUT2D eigenvalue weighted by atomic mass is 10.1. The minimum absolute atomic E-state index is 0.111. The van der Waals surface area contributed by atoms with Gasteiger partial charge >= 0.3 is 0 Å². The first-order valence-electron chi connectivity index (χ1n) is 8.83. The molecule has 0 radical (unpaired) electrons. The second-order valence-electron chi connectivity index (χ2n) is 6.25. The van der Waals surface area contributed by atoms with Gasteiger partial charge in [-0.3, -0.25) is 14.5 Å². The topological polar surface area (TPSA) is 105 Å². The van der Waals surface area contributed by atoms with Crippen LogP contribution in [0.1, 0.15) is 24.7 Å². The van der Waals surface area contributed by atoms with Crippen molar-refractivity contribution < 1.29 is 14.0 Å². The van der Waals surface area contributed by atoms with Gasteiger partial charge < -0.3 is 19.6 Å². The summed E-state index contributed by atoms with van der Waals surface area (Å²) in [7, 11) is 0. The zero-order valence-electron chi connectivity index (χ0n) is 14.9. The number of furan rings is 1. The lowest BCUT2D eigenvalue weighted by Crippen LogP contribution is -2.56. The van der Waals surface area contributed by atoms with E-state index in [1.807, 2.05) is 22.5 Å². The molecule has 1 aliphatic heterocycles. The van der Waals surface area contributed by atoms with E-state index in [-0.39, 0.29) is 18.2 Å². The lowest BCUT2D eigenvalue weighted by Gasteiger charge is -2.34. The molecule has 2 aromatic heterocycles. The molecule has 2 N–H and O–H groups in total. The van der Waals surface area contributed by atoms with Gasteiger partial charge in [-0.15, -0.1) is 10.2 Å². The summed E-state index contributed by atoms with van der Waals surface area (Å²) in [6.45, 7) is 5.15. The number of aromatic nitrogens is 3. The van der Waals surface area contributed by atoms with E-state index in [4.69, 9.17) is 4.42 Å². The van der Waals surface area contributed by atoms with Crippen LogP contribution in [-0.2, 0) is 29.1 Å². The molecule has 9 heteroatoms. The van der Waals surface area contributed by atoms with E-state index in [0.717, 1.165) is 17.9 Å². The molecule has 0 bridgehead atoms. The number of amides is 2. The van der Waals surface area contributed by atoms with Crippen LogP contribution in [0.15, 0.2) is 29.3 Å². The first kappa shape index (κ1) is 18.1. The third-order valence-corrected chi connectivity index (χ3v) is 4.49. The Balaban J connectivity index is 1.51. The van der Waals surface area contributed by atoms with Crippen LogP contribution in [0.3, 0.4) is 0 Å². The molecule has 1 fully saturated rings. The van der Waals surface area contributed by atoms with Crippen LogP contribution >= 0.6 is 0 Å². The smallest absolute Gasteiger partial charge is 0.237 e. The van der Waals surface area contributed by atoms with Gasteiger partial charge in [0.25, 0.3) is 0 Å². The van der Waals surface area contributed by atoms with E-state index in [0.29, 0.717) is 32.6 Å². The predicted molar refractivity (Wildman–Crippen MR) is 92.9 cm³/mol. The van der Waals surface area contributed by atoms with Crippen LogP contribution in [0.25, 0.3) is 0 Å². The fourth-order valence-corrected chi connectivity index (χ4v) is 3.09. The SMILES string of the molecule is CCn1cnnc1CCNC(=O)CC1C(=O)NCCN1Cc1ccoc1. The maximum Gasteiger partial charge on any atom is 0.237 e. The van der Waals surface area contributed by atoms with Gasteiger partial charge in [0.05, 0.1) is 25.0 Å². The molecule has 140 valence electrons. The fraction of sp³-hybridized carbons (Fsp3) is 0.529. The maximum atomic E-state index is 12.3. The molecule has 0 saturated carbocycles. The second-order valence-corrected chi connectivity index (χ2v) is 6.25. The number of piperazine rings is 1. The van der Waals surface area contributed by atoms with E-state index in [9.17, 15) is 9.59 Å². The molecule has 0 spiro atoms. The van der Waals surface area contributed by atoms with Crippen LogP contribution in [0, 0.1) is 0 Å². The van der Waals surface area contributed by atoms with Crippen molar-refractivity contribution in [1.82, 2.24) is 30.3 Å². The van der Waals surface area contributed by atoms with Gasteiger partial charge in [0.2, 0.25) is 11.8 Å². The summed E-state index contributed by atoms with van der Waals surface area (Å²) in [6.07, 6.45) is 5.68. The number of hydrogen-bond donors (Lipinski definition) is 2. The minimum atomic E-state index is -0.474. The van der Waals surface area contributed by atoms with Crippen LogP contribution in [0.4, 0.5) is 0 Å². The molecule has 0 aromatic carbocycles. The zero-order chi connectivity index (χ0) is 18.4. The average molecular weight is 360 g/mol. The van der Waals surface area contributed by atoms with Crippen molar-refractivity contribution in [1.29, 1.82) is 0 Å². The number of carbonyl (C=O) groups is 2. The molecule has 0 aliphatic carbocycles. The van der Waals surface area contributed by atoms with Crippen LogP contribution in [0.2, 0.25) is 0 Å². The number of aryl methyl sites for hydroxylation is 1. The lowest BCUT2D eigenvalue weighted by molar-refractivity contribution is -0.134. The van der Waals surface area contributed by atoms with E-state index >= 15 is 0 Å². The Morgan fingerprint density at radius 1 is 1.50 bits per heavy atom. The van der Waals surface area contributed by atoms with E-state index in [1.54, 1.807) is 18.9 Å². The Morgan fingerprint density at radius 2 is 2.38 bits per heavy atom. The Hall–Kier alpha value is -2.68. The summed E-state index contributed by atoms with van der Waals surface area (Å²) in [5, 5.41) is 13.6. The van der Waals surface area contributed by atoms with E-state index in [2.05, 4.69) is 20.8 Å². The fourth-order valence-electron chi connectivity index (χ4n) is 3.09. The van der Waals surface area contributed by atoms with Gasteiger partial charge in [0.15, 0.2) is 0 Å². The summed E-state index contributed by atoms with van der Waals surface area (Å²) < 4.78 is 7.02. The Labute approximate surface area is 151 Å². The molecule has 3 heterocycles. The van der Waals surface area contributed by atoms with Gasteiger partial charge in [-0.25, -0.2) is 0 Å². The van der Waals surface area contributed by atoms with Crippen LogP contribution in [0.5, 0.6) is 0 Å². The summed E-state index contributed by atoms with van der Waals surface area (Å²) in [5.74, 6) is 0.581. The van der Waals surface area contributed by atoms with Gasteiger partial charge in [0, 0.05) is 44.7 Å². The molecule has 1 atom stereocenters. The molecule has 1 aliphatic rings. The van der Waals surface area contributed by atoms with E-state index < -0.39 is 6.04 Å². The second kappa shape index (κ2) is 8.61. The van der Waals surface area contributed by atoms with Gasteiger partial charge in [0.1, 0.15) is 12.2 Å². The number of nitrogens with zero attached hydrogens (tertiary/aromatic N) is 4. The summed E-state index contributed by atoms with van der Waals surface area (Å²) in [4.78, 5) is 26.6. The van der Waals surface area contributed by atoms with Crippen LogP contribution in [-0.4, -0.2) is 57.2 Å². The van der Waals surface area contributed by atoms with Gasteiger partial charge in [-0.2, -0.15) is 0 Å². The van der Waals surface area contributed by atoms with Gasteiger partial charge in [-0.1, -0.05) is 0 Å². The standard InChI is InChI=1S/C17H24N6O3/c1-2-22-12-20-21-15(22)3-5-18-16(24)9-14-17(25)19-6-7-23(14)10-13-4-8-26-11-13/h4,8,11-12,14H,2-3,5-7,9-10H2,1H3,(H,18,24)(H,19,25). The zero-order valence-corrected chi connectivity index (χ0v) is 14.9. The molecule has 3 rings (SSSR count). The summed E-state index contributed by atoms with van der Waals surface area (Å²) >= 11 is 0. The number of carbonyl (C=O) groups excluding carboxylic acids is 2. The quantitative estimate of drug-likeness (QED) is 0.683. The molecule has 9 nitrogen and oxygen atoms in total. The van der Waals surface area contributed by atoms with Crippen molar-refractivity contribution in [2.24, 2.45) is 0 Å². The summed E-state index contributed by atoms with van der Waals surface area (Å²) in [6, 6.07) is 1.39. The molecule has 26 heavy (non-hydrogen) atoms. The van der Waals surface area contributed by atoms with Crippen molar-refractivity contribution in [2.75, 3.05) is 19.6 Å². The van der Waals surface area contributed by atoms with Gasteiger partial charge in [-0.05, 0) is 13.0 Å². The highest BCUT2D eigenvalue weighted by Crippen LogP contribution is 2.14. The first-order valence-corrected chi connectivity index (χ1v) is 8.83. The number of rotatable bonds is 8. The molecule has 2 aromatic rings. The highest BCUT2D eigenvalue weighted by molar-refractivity contribution is 5.88. The first-order chi connectivity index (χ1) is 12.7. The molecule has 2 amide bonds. The average Bonchev–Trinajstić information content (AvgIpc) is 3.29. The highest BCUT2D eigenvalue weighted by atomic mass is 16.3. The molecule has 1 unspecified atom stereocenters.